The Balaban J connectivity index is 1.64. The SMILES string of the molecule is CCOC1CC(O)C12CCN(C(C)c1cccc(OC)c1)CC2. The first-order chi connectivity index (χ1) is 11.1. The van der Waals surface area contributed by atoms with E-state index in [1.54, 1.807) is 7.11 Å². The van der Waals surface area contributed by atoms with Gasteiger partial charge in [-0.15, -0.1) is 0 Å². The second-order valence-electron chi connectivity index (χ2n) is 6.92. The van der Waals surface area contributed by atoms with E-state index in [-0.39, 0.29) is 17.6 Å². The van der Waals surface area contributed by atoms with Crippen molar-refractivity contribution >= 4 is 0 Å². The Hall–Kier alpha value is -1.10. The highest BCUT2D eigenvalue weighted by molar-refractivity contribution is 5.30. The van der Waals surface area contributed by atoms with Gasteiger partial charge in [-0.25, -0.2) is 0 Å². The Kier molecular flexibility index (Phi) is 4.95. The maximum Gasteiger partial charge on any atom is 0.119 e. The Bertz CT molecular complexity index is 523. The van der Waals surface area contributed by atoms with Gasteiger partial charge in [0.2, 0.25) is 0 Å². The number of nitrogens with zero attached hydrogens (tertiary/aromatic N) is 1. The Morgan fingerprint density at radius 3 is 2.70 bits per heavy atom. The third-order valence-corrected chi connectivity index (χ3v) is 5.96. The van der Waals surface area contributed by atoms with Gasteiger partial charge < -0.3 is 14.6 Å². The van der Waals surface area contributed by atoms with E-state index in [1.165, 1.54) is 5.56 Å². The molecule has 0 radical (unpaired) electrons. The van der Waals surface area contributed by atoms with E-state index >= 15 is 0 Å². The zero-order chi connectivity index (χ0) is 16.4. The van der Waals surface area contributed by atoms with Gasteiger partial charge in [0.15, 0.2) is 0 Å². The van der Waals surface area contributed by atoms with Crippen molar-refractivity contribution in [3.05, 3.63) is 29.8 Å². The molecule has 23 heavy (non-hydrogen) atoms. The smallest absolute Gasteiger partial charge is 0.119 e. The van der Waals surface area contributed by atoms with Gasteiger partial charge in [0.25, 0.3) is 0 Å². The van der Waals surface area contributed by atoms with Crippen LogP contribution in [0.5, 0.6) is 5.75 Å². The number of benzene rings is 1. The molecule has 128 valence electrons. The third kappa shape index (κ3) is 3.00. The van der Waals surface area contributed by atoms with Crippen molar-refractivity contribution in [1.29, 1.82) is 0 Å². The van der Waals surface area contributed by atoms with Crippen LogP contribution in [0.15, 0.2) is 24.3 Å². The Morgan fingerprint density at radius 1 is 1.35 bits per heavy atom. The summed E-state index contributed by atoms with van der Waals surface area (Å²) in [6.07, 6.45) is 2.91. The van der Waals surface area contributed by atoms with Gasteiger partial charge in [-0.1, -0.05) is 12.1 Å². The standard InChI is InChI=1S/C19H29NO3/c1-4-23-18-13-17(21)19(18)8-10-20(11-9-19)14(2)15-6-5-7-16(12-15)22-3/h5-7,12,14,17-18,21H,4,8-11,13H2,1-3H3. The number of methoxy groups -OCH3 is 1. The van der Waals surface area contributed by atoms with Gasteiger partial charge in [0.1, 0.15) is 5.75 Å². The number of piperidine rings is 1. The lowest BCUT2D eigenvalue weighted by Crippen LogP contribution is -2.62. The molecule has 1 aliphatic heterocycles. The fourth-order valence-corrected chi connectivity index (χ4v) is 4.26. The molecule has 2 fully saturated rings. The third-order valence-electron chi connectivity index (χ3n) is 5.96. The fourth-order valence-electron chi connectivity index (χ4n) is 4.26. The Labute approximate surface area is 139 Å². The summed E-state index contributed by atoms with van der Waals surface area (Å²) in [4.78, 5) is 2.51. The van der Waals surface area contributed by atoms with Crippen LogP contribution >= 0.6 is 0 Å². The number of ether oxygens (including phenoxy) is 2. The summed E-state index contributed by atoms with van der Waals surface area (Å²) in [5.74, 6) is 0.911. The molecule has 3 atom stereocenters. The fraction of sp³-hybridized carbons (Fsp3) is 0.684. The van der Waals surface area contributed by atoms with Gasteiger partial charge in [0, 0.05) is 24.5 Å². The molecule has 1 spiro atoms. The summed E-state index contributed by atoms with van der Waals surface area (Å²) in [6, 6.07) is 8.69. The molecule has 0 aromatic heterocycles. The van der Waals surface area contributed by atoms with Crippen molar-refractivity contribution in [2.45, 2.75) is 51.4 Å². The molecule has 4 nitrogen and oxygen atoms in total. The topological polar surface area (TPSA) is 41.9 Å². The number of rotatable bonds is 5. The van der Waals surface area contributed by atoms with E-state index in [9.17, 15) is 5.11 Å². The van der Waals surface area contributed by atoms with E-state index in [4.69, 9.17) is 9.47 Å². The number of hydrogen-bond acceptors (Lipinski definition) is 4. The highest BCUT2D eigenvalue weighted by Crippen LogP contribution is 2.51. The predicted octanol–water partition coefficient (Wildman–Crippen LogP) is 3.01. The van der Waals surface area contributed by atoms with Crippen LogP contribution in [0.4, 0.5) is 0 Å². The molecule has 0 bridgehead atoms. The van der Waals surface area contributed by atoms with E-state index in [0.717, 1.165) is 44.7 Å². The van der Waals surface area contributed by atoms with Crippen molar-refractivity contribution in [3.63, 3.8) is 0 Å². The molecule has 1 saturated carbocycles. The van der Waals surface area contributed by atoms with Crippen LogP contribution in [0, 0.1) is 5.41 Å². The number of aliphatic hydroxyl groups is 1. The van der Waals surface area contributed by atoms with E-state index < -0.39 is 0 Å². The molecule has 3 rings (SSSR count). The van der Waals surface area contributed by atoms with Crippen molar-refractivity contribution < 1.29 is 14.6 Å². The summed E-state index contributed by atoms with van der Waals surface area (Å²) in [5, 5.41) is 10.3. The molecule has 1 N–H and O–H groups in total. The molecular formula is C19H29NO3. The van der Waals surface area contributed by atoms with Crippen LogP contribution in [-0.4, -0.2) is 49.0 Å². The zero-order valence-electron chi connectivity index (χ0n) is 14.5. The molecule has 1 saturated heterocycles. The maximum atomic E-state index is 10.3. The van der Waals surface area contributed by atoms with Gasteiger partial charge in [-0.05, 0) is 57.5 Å². The van der Waals surface area contributed by atoms with Gasteiger partial charge in [-0.3, -0.25) is 4.90 Å². The molecular weight excluding hydrogens is 290 g/mol. The monoisotopic (exact) mass is 319 g/mol. The Morgan fingerprint density at radius 2 is 2.09 bits per heavy atom. The van der Waals surface area contributed by atoms with E-state index in [0.29, 0.717) is 6.04 Å². The van der Waals surface area contributed by atoms with E-state index in [2.05, 4.69) is 30.0 Å². The molecule has 0 amide bonds. The van der Waals surface area contributed by atoms with Gasteiger partial charge >= 0.3 is 0 Å². The quantitative estimate of drug-likeness (QED) is 0.906. The van der Waals surface area contributed by atoms with Crippen LogP contribution in [0.3, 0.4) is 0 Å². The van der Waals surface area contributed by atoms with Crippen LogP contribution in [0.1, 0.15) is 44.7 Å². The maximum absolute atomic E-state index is 10.3. The lowest BCUT2D eigenvalue weighted by molar-refractivity contribution is -0.211. The first-order valence-electron chi connectivity index (χ1n) is 8.78. The number of hydrogen-bond donors (Lipinski definition) is 1. The second-order valence-corrected chi connectivity index (χ2v) is 6.92. The van der Waals surface area contributed by atoms with Crippen molar-refractivity contribution in [2.24, 2.45) is 5.41 Å². The number of likely N-dealkylation sites (tertiary alicyclic amines) is 1. The highest BCUT2D eigenvalue weighted by atomic mass is 16.5. The first kappa shape index (κ1) is 16.7. The molecule has 1 heterocycles. The molecule has 3 unspecified atom stereocenters. The lowest BCUT2D eigenvalue weighted by atomic mass is 9.58. The van der Waals surface area contributed by atoms with Gasteiger partial charge in [-0.2, -0.15) is 0 Å². The minimum Gasteiger partial charge on any atom is -0.497 e. The van der Waals surface area contributed by atoms with Crippen molar-refractivity contribution in [2.75, 3.05) is 26.8 Å². The second kappa shape index (κ2) is 6.80. The van der Waals surface area contributed by atoms with Crippen LogP contribution in [0.25, 0.3) is 0 Å². The van der Waals surface area contributed by atoms with Crippen molar-refractivity contribution in [1.82, 2.24) is 4.90 Å². The molecule has 4 heteroatoms. The largest absolute Gasteiger partial charge is 0.497 e. The van der Waals surface area contributed by atoms with Crippen LogP contribution in [-0.2, 0) is 4.74 Å². The molecule has 1 aromatic rings. The number of aliphatic hydroxyl groups excluding tert-OH is 1. The summed E-state index contributed by atoms with van der Waals surface area (Å²) < 4.78 is 11.2. The predicted molar refractivity (Wildman–Crippen MR) is 90.7 cm³/mol. The minimum atomic E-state index is -0.187. The summed E-state index contributed by atoms with van der Waals surface area (Å²) in [7, 11) is 1.71. The van der Waals surface area contributed by atoms with Crippen molar-refractivity contribution in [3.8, 4) is 5.75 Å². The first-order valence-corrected chi connectivity index (χ1v) is 8.78. The normalized spacial score (nSPS) is 28.3. The summed E-state index contributed by atoms with van der Waals surface area (Å²) in [6.45, 7) is 7.06. The lowest BCUT2D eigenvalue weighted by Gasteiger charge is -2.57. The minimum absolute atomic E-state index is 0.000603. The average Bonchev–Trinajstić information content (AvgIpc) is 2.61. The average molecular weight is 319 g/mol. The molecule has 2 aliphatic rings. The van der Waals surface area contributed by atoms with Crippen LogP contribution < -0.4 is 4.74 Å². The van der Waals surface area contributed by atoms with E-state index in [1.807, 2.05) is 13.0 Å². The molecule has 1 aromatic carbocycles. The summed E-state index contributed by atoms with van der Waals surface area (Å²) in [5.41, 5.74) is 1.29. The molecule has 1 aliphatic carbocycles. The van der Waals surface area contributed by atoms with Gasteiger partial charge in [0.05, 0.1) is 19.3 Å². The summed E-state index contributed by atoms with van der Waals surface area (Å²) >= 11 is 0. The zero-order valence-corrected chi connectivity index (χ0v) is 14.5. The van der Waals surface area contributed by atoms with Crippen LogP contribution in [0.2, 0.25) is 0 Å². The highest BCUT2D eigenvalue weighted by Gasteiger charge is 2.56.